The maximum absolute atomic E-state index is 9.12. The molecule has 3 N–H and O–H groups in total. The molecule has 0 radical (unpaired) electrons. The van der Waals surface area contributed by atoms with Crippen LogP contribution in [0, 0.1) is 31.1 Å². The SMILES string of the molecule is Cc1nnc(NCC(N)C2CC2)c(C#N)c1C. The summed E-state index contributed by atoms with van der Waals surface area (Å²) >= 11 is 0. The van der Waals surface area contributed by atoms with Crippen LogP contribution in [0.2, 0.25) is 0 Å². The summed E-state index contributed by atoms with van der Waals surface area (Å²) in [7, 11) is 0. The molecule has 17 heavy (non-hydrogen) atoms. The molecule has 0 spiro atoms. The van der Waals surface area contributed by atoms with Gasteiger partial charge in [-0.2, -0.15) is 10.4 Å². The van der Waals surface area contributed by atoms with Crippen LogP contribution in [0.5, 0.6) is 0 Å². The smallest absolute Gasteiger partial charge is 0.166 e. The summed E-state index contributed by atoms with van der Waals surface area (Å²) in [5.41, 5.74) is 8.23. The quantitative estimate of drug-likeness (QED) is 0.810. The van der Waals surface area contributed by atoms with Crippen molar-refractivity contribution in [2.75, 3.05) is 11.9 Å². The molecule has 1 saturated carbocycles. The van der Waals surface area contributed by atoms with E-state index in [-0.39, 0.29) is 6.04 Å². The van der Waals surface area contributed by atoms with Crippen molar-refractivity contribution >= 4 is 5.82 Å². The number of aryl methyl sites for hydroxylation is 1. The van der Waals surface area contributed by atoms with E-state index in [4.69, 9.17) is 11.0 Å². The summed E-state index contributed by atoms with van der Waals surface area (Å²) in [5, 5.41) is 20.3. The molecule has 0 amide bonds. The van der Waals surface area contributed by atoms with E-state index in [1.165, 1.54) is 12.8 Å². The summed E-state index contributed by atoms with van der Waals surface area (Å²) in [4.78, 5) is 0. The van der Waals surface area contributed by atoms with Crippen LogP contribution in [0.15, 0.2) is 0 Å². The Morgan fingerprint density at radius 1 is 1.47 bits per heavy atom. The van der Waals surface area contributed by atoms with Crippen LogP contribution in [0.4, 0.5) is 5.82 Å². The summed E-state index contributed by atoms with van der Waals surface area (Å²) < 4.78 is 0. The molecular formula is C12H17N5. The Hall–Kier alpha value is -1.67. The largest absolute Gasteiger partial charge is 0.366 e. The van der Waals surface area contributed by atoms with Crippen molar-refractivity contribution in [3.63, 3.8) is 0 Å². The van der Waals surface area contributed by atoms with Gasteiger partial charge in [-0.25, -0.2) is 0 Å². The topological polar surface area (TPSA) is 87.6 Å². The van der Waals surface area contributed by atoms with E-state index in [2.05, 4.69) is 21.6 Å². The molecule has 1 fully saturated rings. The van der Waals surface area contributed by atoms with Gasteiger partial charge >= 0.3 is 0 Å². The van der Waals surface area contributed by atoms with E-state index in [9.17, 15) is 0 Å². The van der Waals surface area contributed by atoms with Crippen molar-refractivity contribution in [3.8, 4) is 6.07 Å². The van der Waals surface area contributed by atoms with Crippen LogP contribution >= 0.6 is 0 Å². The van der Waals surface area contributed by atoms with Gasteiger partial charge < -0.3 is 11.1 Å². The van der Waals surface area contributed by atoms with Crippen molar-refractivity contribution in [3.05, 3.63) is 16.8 Å². The van der Waals surface area contributed by atoms with Crippen molar-refractivity contribution in [2.45, 2.75) is 32.7 Å². The Morgan fingerprint density at radius 3 is 2.76 bits per heavy atom. The maximum atomic E-state index is 9.12. The molecule has 0 saturated heterocycles. The van der Waals surface area contributed by atoms with Crippen molar-refractivity contribution in [1.29, 1.82) is 5.26 Å². The van der Waals surface area contributed by atoms with Gasteiger partial charge in [0, 0.05) is 12.6 Å². The highest BCUT2D eigenvalue weighted by molar-refractivity contribution is 5.55. The van der Waals surface area contributed by atoms with Crippen LogP contribution in [0.25, 0.3) is 0 Å². The number of aromatic nitrogens is 2. The third kappa shape index (κ3) is 2.53. The number of rotatable bonds is 4. The number of hydrogen-bond acceptors (Lipinski definition) is 5. The summed E-state index contributed by atoms with van der Waals surface area (Å²) in [6, 6.07) is 2.31. The van der Waals surface area contributed by atoms with Gasteiger partial charge in [0.1, 0.15) is 11.6 Å². The summed E-state index contributed by atoms with van der Waals surface area (Å²) in [5.74, 6) is 1.18. The number of nitriles is 1. The number of nitrogens with one attached hydrogen (secondary N) is 1. The van der Waals surface area contributed by atoms with Gasteiger partial charge in [0.2, 0.25) is 0 Å². The first-order valence-corrected chi connectivity index (χ1v) is 5.87. The van der Waals surface area contributed by atoms with Gasteiger partial charge in [-0.15, -0.1) is 5.10 Å². The Morgan fingerprint density at radius 2 is 2.18 bits per heavy atom. The monoisotopic (exact) mass is 231 g/mol. The fourth-order valence-electron chi connectivity index (χ4n) is 1.77. The van der Waals surface area contributed by atoms with Crippen molar-refractivity contribution in [2.24, 2.45) is 11.7 Å². The highest BCUT2D eigenvalue weighted by atomic mass is 15.2. The molecule has 5 nitrogen and oxygen atoms in total. The number of anilines is 1. The molecule has 1 aliphatic carbocycles. The van der Waals surface area contributed by atoms with Gasteiger partial charge in [0.05, 0.1) is 5.69 Å². The van der Waals surface area contributed by atoms with E-state index in [0.29, 0.717) is 23.8 Å². The van der Waals surface area contributed by atoms with Crippen LogP contribution in [-0.2, 0) is 0 Å². The average Bonchev–Trinajstić information content (AvgIpc) is 3.14. The Kier molecular flexibility index (Phi) is 3.25. The zero-order valence-corrected chi connectivity index (χ0v) is 10.2. The molecule has 0 bridgehead atoms. The van der Waals surface area contributed by atoms with Crippen LogP contribution in [-0.4, -0.2) is 22.8 Å². The molecule has 1 atom stereocenters. The Labute approximate surface area is 101 Å². The predicted molar refractivity (Wildman–Crippen MR) is 65.4 cm³/mol. The molecule has 0 aliphatic heterocycles. The highest BCUT2D eigenvalue weighted by Crippen LogP contribution is 2.31. The minimum Gasteiger partial charge on any atom is -0.366 e. The first-order chi connectivity index (χ1) is 8.13. The molecule has 1 heterocycles. The van der Waals surface area contributed by atoms with Gasteiger partial charge in [-0.05, 0) is 38.2 Å². The molecule has 1 aromatic heterocycles. The molecule has 1 aliphatic rings. The lowest BCUT2D eigenvalue weighted by molar-refractivity contribution is 0.619. The molecular weight excluding hydrogens is 214 g/mol. The van der Waals surface area contributed by atoms with Gasteiger partial charge in [-0.1, -0.05) is 0 Å². The highest BCUT2D eigenvalue weighted by Gasteiger charge is 2.28. The first-order valence-electron chi connectivity index (χ1n) is 5.87. The van der Waals surface area contributed by atoms with Gasteiger partial charge in [0.15, 0.2) is 5.82 Å². The van der Waals surface area contributed by atoms with Gasteiger partial charge in [0.25, 0.3) is 0 Å². The Bertz CT molecular complexity index is 459. The van der Waals surface area contributed by atoms with E-state index in [1.54, 1.807) is 0 Å². The van der Waals surface area contributed by atoms with E-state index < -0.39 is 0 Å². The lowest BCUT2D eigenvalue weighted by Crippen LogP contribution is -2.31. The Balaban J connectivity index is 2.10. The van der Waals surface area contributed by atoms with Crippen molar-refractivity contribution in [1.82, 2.24) is 10.2 Å². The number of hydrogen-bond donors (Lipinski definition) is 2. The first kappa shape index (κ1) is 11.8. The standard InChI is InChI=1S/C12H17N5/c1-7-8(2)16-17-12(10(7)5-13)15-6-11(14)9-3-4-9/h9,11H,3-4,6,14H2,1-2H3,(H,15,17). The summed E-state index contributed by atoms with van der Waals surface area (Å²) in [6.07, 6.45) is 2.43. The fraction of sp³-hybridized carbons (Fsp3) is 0.583. The molecule has 1 unspecified atom stereocenters. The van der Waals surface area contributed by atoms with Crippen LogP contribution in [0.1, 0.15) is 29.7 Å². The average molecular weight is 231 g/mol. The second-order valence-electron chi connectivity index (χ2n) is 4.63. The van der Waals surface area contributed by atoms with E-state index in [0.717, 1.165) is 11.3 Å². The third-order valence-electron chi connectivity index (χ3n) is 3.30. The normalized spacial score (nSPS) is 16.4. The van der Waals surface area contributed by atoms with Crippen LogP contribution in [0.3, 0.4) is 0 Å². The number of nitrogens with zero attached hydrogens (tertiary/aromatic N) is 3. The third-order valence-corrected chi connectivity index (χ3v) is 3.30. The molecule has 1 aromatic rings. The lowest BCUT2D eigenvalue weighted by Gasteiger charge is -2.13. The lowest BCUT2D eigenvalue weighted by atomic mass is 10.1. The molecule has 2 rings (SSSR count). The van der Waals surface area contributed by atoms with Crippen LogP contribution < -0.4 is 11.1 Å². The molecule has 90 valence electrons. The molecule has 5 heteroatoms. The van der Waals surface area contributed by atoms with Gasteiger partial charge in [-0.3, -0.25) is 0 Å². The second-order valence-corrected chi connectivity index (χ2v) is 4.63. The second kappa shape index (κ2) is 4.68. The predicted octanol–water partition coefficient (Wildman–Crippen LogP) is 1.11. The summed E-state index contributed by atoms with van der Waals surface area (Å²) in [6.45, 7) is 4.38. The van der Waals surface area contributed by atoms with E-state index >= 15 is 0 Å². The fourth-order valence-corrected chi connectivity index (χ4v) is 1.77. The van der Waals surface area contributed by atoms with Crippen molar-refractivity contribution < 1.29 is 0 Å². The maximum Gasteiger partial charge on any atom is 0.166 e. The minimum absolute atomic E-state index is 0.143. The number of nitrogens with two attached hydrogens (primary N) is 1. The zero-order chi connectivity index (χ0) is 12.4. The zero-order valence-electron chi connectivity index (χ0n) is 10.2. The minimum atomic E-state index is 0.143. The van der Waals surface area contributed by atoms with E-state index in [1.807, 2.05) is 13.8 Å². The molecule has 0 aromatic carbocycles.